The van der Waals surface area contributed by atoms with Crippen LogP contribution < -0.4 is 4.74 Å². The molecule has 1 N–H and O–H groups in total. The van der Waals surface area contributed by atoms with Crippen molar-refractivity contribution < 1.29 is 23.0 Å². The molecule has 0 saturated carbocycles. The van der Waals surface area contributed by atoms with Gasteiger partial charge in [0, 0.05) is 10.7 Å². The van der Waals surface area contributed by atoms with Crippen LogP contribution in [0.3, 0.4) is 0 Å². The molecule has 0 fully saturated rings. The fourth-order valence-electron chi connectivity index (χ4n) is 0.985. The zero-order valence-corrected chi connectivity index (χ0v) is 9.13. The SMILES string of the molecule is COc1ncc(Br)cc1[C@@H](O)C(F)(F)F. The lowest BCUT2D eigenvalue weighted by atomic mass is 10.1. The van der Waals surface area contributed by atoms with E-state index in [1.54, 1.807) is 0 Å². The summed E-state index contributed by atoms with van der Waals surface area (Å²) in [6, 6.07) is 1.12. The van der Waals surface area contributed by atoms with Gasteiger partial charge >= 0.3 is 6.18 Å². The predicted octanol–water partition coefficient (Wildman–Crippen LogP) is 2.45. The lowest BCUT2D eigenvalue weighted by molar-refractivity contribution is -0.207. The maximum absolute atomic E-state index is 12.2. The van der Waals surface area contributed by atoms with Gasteiger partial charge in [0.2, 0.25) is 5.88 Å². The van der Waals surface area contributed by atoms with Crippen LogP contribution in [-0.4, -0.2) is 23.4 Å². The number of aliphatic hydroxyl groups excluding tert-OH is 1. The van der Waals surface area contributed by atoms with Crippen molar-refractivity contribution in [1.29, 1.82) is 0 Å². The van der Waals surface area contributed by atoms with Crippen molar-refractivity contribution in [2.24, 2.45) is 0 Å². The van der Waals surface area contributed by atoms with Gasteiger partial charge in [-0.3, -0.25) is 0 Å². The van der Waals surface area contributed by atoms with Gasteiger partial charge in [0.25, 0.3) is 0 Å². The van der Waals surface area contributed by atoms with Crippen LogP contribution in [0.2, 0.25) is 0 Å². The fraction of sp³-hybridized carbons (Fsp3) is 0.375. The highest BCUT2D eigenvalue weighted by atomic mass is 79.9. The lowest BCUT2D eigenvalue weighted by Crippen LogP contribution is -2.21. The van der Waals surface area contributed by atoms with Crippen LogP contribution in [0.1, 0.15) is 11.7 Å². The largest absolute Gasteiger partial charge is 0.481 e. The van der Waals surface area contributed by atoms with Gasteiger partial charge in [0.05, 0.1) is 12.7 Å². The van der Waals surface area contributed by atoms with Crippen LogP contribution in [-0.2, 0) is 0 Å². The highest BCUT2D eigenvalue weighted by molar-refractivity contribution is 9.10. The summed E-state index contributed by atoms with van der Waals surface area (Å²) >= 11 is 2.96. The molecule has 1 aromatic heterocycles. The summed E-state index contributed by atoms with van der Waals surface area (Å²) in [6.07, 6.45) is -6.06. The van der Waals surface area contributed by atoms with Crippen molar-refractivity contribution in [3.8, 4) is 5.88 Å². The molecule has 1 aromatic rings. The van der Waals surface area contributed by atoms with Crippen molar-refractivity contribution in [2.45, 2.75) is 12.3 Å². The molecule has 1 atom stereocenters. The Bertz CT molecular complexity index is 356. The van der Waals surface area contributed by atoms with E-state index >= 15 is 0 Å². The quantitative estimate of drug-likeness (QED) is 0.908. The van der Waals surface area contributed by atoms with Crippen LogP contribution in [0.15, 0.2) is 16.7 Å². The maximum Gasteiger partial charge on any atom is 0.418 e. The molecular formula is C8H7BrF3NO2. The Morgan fingerprint density at radius 3 is 2.60 bits per heavy atom. The Balaban J connectivity index is 3.17. The van der Waals surface area contributed by atoms with E-state index in [-0.39, 0.29) is 5.88 Å². The standard InChI is InChI=1S/C8H7BrF3NO2/c1-15-7-5(2-4(9)3-13-7)6(14)8(10,11)12/h2-3,6,14H,1H3/t6-/m1/s1. The minimum atomic E-state index is -4.74. The number of aliphatic hydroxyl groups is 1. The molecule has 0 saturated heterocycles. The van der Waals surface area contributed by atoms with Crippen molar-refractivity contribution >= 4 is 15.9 Å². The second-order valence-corrected chi connectivity index (χ2v) is 3.61. The highest BCUT2D eigenvalue weighted by Crippen LogP contribution is 2.37. The first-order valence-corrected chi connectivity index (χ1v) is 4.59. The molecule has 0 unspecified atom stereocenters. The Hall–Kier alpha value is -0.820. The maximum atomic E-state index is 12.2. The molecule has 0 radical (unpaired) electrons. The topological polar surface area (TPSA) is 42.4 Å². The van der Waals surface area contributed by atoms with E-state index < -0.39 is 17.8 Å². The first kappa shape index (κ1) is 12.3. The number of rotatable bonds is 2. The van der Waals surface area contributed by atoms with Gasteiger partial charge in [0.15, 0.2) is 6.10 Å². The molecule has 1 heterocycles. The van der Waals surface area contributed by atoms with E-state index in [0.717, 1.165) is 6.07 Å². The molecule has 0 aliphatic carbocycles. The number of halogens is 4. The average molecular weight is 286 g/mol. The Labute approximate surface area is 92.0 Å². The van der Waals surface area contributed by atoms with E-state index in [2.05, 4.69) is 25.7 Å². The normalized spacial score (nSPS) is 13.7. The minimum absolute atomic E-state index is 0.247. The lowest BCUT2D eigenvalue weighted by Gasteiger charge is -2.16. The first-order valence-electron chi connectivity index (χ1n) is 3.80. The highest BCUT2D eigenvalue weighted by Gasteiger charge is 2.41. The number of methoxy groups -OCH3 is 1. The van der Waals surface area contributed by atoms with E-state index in [9.17, 15) is 13.2 Å². The van der Waals surface area contributed by atoms with Crippen molar-refractivity contribution in [3.05, 3.63) is 22.3 Å². The number of hydrogen-bond acceptors (Lipinski definition) is 3. The zero-order valence-electron chi connectivity index (χ0n) is 7.55. The Morgan fingerprint density at radius 2 is 2.13 bits per heavy atom. The molecule has 0 aromatic carbocycles. The number of ether oxygens (including phenoxy) is 1. The van der Waals surface area contributed by atoms with Crippen LogP contribution in [0.4, 0.5) is 13.2 Å². The summed E-state index contributed by atoms with van der Waals surface area (Å²) in [5.41, 5.74) is -0.417. The molecule has 0 amide bonds. The third kappa shape index (κ3) is 2.82. The van der Waals surface area contributed by atoms with E-state index in [4.69, 9.17) is 5.11 Å². The van der Waals surface area contributed by atoms with Gasteiger partial charge in [-0.2, -0.15) is 13.2 Å². The smallest absolute Gasteiger partial charge is 0.418 e. The summed E-state index contributed by atoms with van der Waals surface area (Å²) in [4.78, 5) is 3.60. The van der Waals surface area contributed by atoms with Crippen molar-refractivity contribution in [1.82, 2.24) is 4.98 Å². The van der Waals surface area contributed by atoms with Crippen LogP contribution in [0.5, 0.6) is 5.88 Å². The molecular weight excluding hydrogens is 279 g/mol. The second kappa shape index (κ2) is 4.36. The van der Waals surface area contributed by atoms with E-state index in [1.807, 2.05) is 0 Å². The number of nitrogens with zero attached hydrogens (tertiary/aromatic N) is 1. The Kier molecular flexibility index (Phi) is 3.56. The second-order valence-electron chi connectivity index (χ2n) is 2.70. The minimum Gasteiger partial charge on any atom is -0.481 e. The van der Waals surface area contributed by atoms with Gasteiger partial charge in [-0.1, -0.05) is 0 Å². The number of pyridine rings is 1. The summed E-state index contributed by atoms with van der Waals surface area (Å²) < 4.78 is 41.7. The zero-order chi connectivity index (χ0) is 11.6. The summed E-state index contributed by atoms with van der Waals surface area (Å²) in [5.74, 6) is -0.247. The summed E-state index contributed by atoms with van der Waals surface area (Å²) in [6.45, 7) is 0. The van der Waals surface area contributed by atoms with Gasteiger partial charge < -0.3 is 9.84 Å². The Morgan fingerprint density at radius 1 is 1.53 bits per heavy atom. The number of alkyl halides is 3. The predicted molar refractivity (Wildman–Crippen MR) is 49.5 cm³/mol. The van der Waals surface area contributed by atoms with Crippen LogP contribution in [0, 0.1) is 0 Å². The third-order valence-corrected chi connectivity index (χ3v) is 2.08. The fourth-order valence-corrected chi connectivity index (χ4v) is 1.33. The van der Waals surface area contributed by atoms with Crippen molar-refractivity contribution in [2.75, 3.05) is 7.11 Å². The van der Waals surface area contributed by atoms with Crippen molar-refractivity contribution in [3.63, 3.8) is 0 Å². The number of hydrogen-bond donors (Lipinski definition) is 1. The average Bonchev–Trinajstić information content (AvgIpc) is 2.15. The molecule has 1 rings (SSSR count). The van der Waals surface area contributed by atoms with Gasteiger partial charge in [-0.15, -0.1) is 0 Å². The molecule has 7 heteroatoms. The molecule has 3 nitrogen and oxygen atoms in total. The summed E-state index contributed by atoms with van der Waals surface area (Å²) in [5, 5.41) is 9.03. The molecule has 0 aliphatic rings. The van der Waals surface area contributed by atoms with Crippen LogP contribution >= 0.6 is 15.9 Å². The molecule has 0 bridgehead atoms. The third-order valence-electron chi connectivity index (χ3n) is 1.64. The van der Waals surface area contributed by atoms with E-state index in [1.165, 1.54) is 13.3 Å². The summed E-state index contributed by atoms with van der Waals surface area (Å²) in [7, 11) is 1.18. The van der Waals surface area contributed by atoms with Gasteiger partial charge in [0.1, 0.15) is 0 Å². The first-order chi connectivity index (χ1) is 6.86. The molecule has 0 spiro atoms. The van der Waals surface area contributed by atoms with Gasteiger partial charge in [-0.25, -0.2) is 4.98 Å². The van der Waals surface area contributed by atoms with Crippen LogP contribution in [0.25, 0.3) is 0 Å². The monoisotopic (exact) mass is 285 g/mol. The molecule has 15 heavy (non-hydrogen) atoms. The molecule has 84 valence electrons. The van der Waals surface area contributed by atoms with Gasteiger partial charge in [-0.05, 0) is 22.0 Å². The number of aromatic nitrogens is 1. The van der Waals surface area contributed by atoms with E-state index in [0.29, 0.717) is 4.47 Å². The molecule has 0 aliphatic heterocycles.